The minimum absolute atomic E-state index is 0.165. The van der Waals surface area contributed by atoms with Gasteiger partial charge in [0, 0.05) is 19.2 Å². The van der Waals surface area contributed by atoms with Gasteiger partial charge in [0.05, 0.1) is 23.4 Å². The maximum atomic E-state index is 6.53. The number of aromatic nitrogens is 2. The average Bonchev–Trinajstić information content (AvgIpc) is 2.94. The van der Waals surface area contributed by atoms with Gasteiger partial charge < -0.3 is 10.5 Å². The van der Waals surface area contributed by atoms with Gasteiger partial charge in [-0.2, -0.15) is 5.10 Å². The summed E-state index contributed by atoms with van der Waals surface area (Å²) in [6.07, 6.45) is 5.85. The number of fused-ring (bicyclic) bond motifs is 2. The van der Waals surface area contributed by atoms with Crippen LogP contribution in [0.25, 0.3) is 0 Å². The number of nitrogens with zero attached hydrogens (tertiary/aromatic N) is 2. The van der Waals surface area contributed by atoms with Gasteiger partial charge in [0.15, 0.2) is 0 Å². The molecule has 0 radical (unpaired) electrons. The van der Waals surface area contributed by atoms with Crippen molar-refractivity contribution in [2.75, 3.05) is 0 Å². The number of ether oxygens (including phenoxy) is 1. The highest BCUT2D eigenvalue weighted by Crippen LogP contribution is 2.41. The minimum atomic E-state index is -0.165. The lowest BCUT2D eigenvalue weighted by molar-refractivity contribution is 0.0853. The summed E-state index contributed by atoms with van der Waals surface area (Å²) in [6, 6.07) is 2.18. The molecule has 1 aromatic rings. The van der Waals surface area contributed by atoms with Crippen LogP contribution in [0.1, 0.15) is 37.6 Å². The molecule has 94 valence electrons. The molecular formula is C13H21N3O. The highest BCUT2D eigenvalue weighted by Gasteiger charge is 2.50. The normalized spacial score (nSPS) is 35.7. The van der Waals surface area contributed by atoms with E-state index < -0.39 is 0 Å². The Labute approximate surface area is 102 Å². The summed E-state index contributed by atoms with van der Waals surface area (Å²) in [7, 11) is 2.01. The first-order valence-electron chi connectivity index (χ1n) is 6.57. The summed E-state index contributed by atoms with van der Waals surface area (Å²) >= 11 is 0. The van der Waals surface area contributed by atoms with Crippen LogP contribution in [-0.2, 0) is 24.6 Å². The molecule has 0 aromatic carbocycles. The predicted molar refractivity (Wildman–Crippen MR) is 65.7 cm³/mol. The Morgan fingerprint density at radius 2 is 2.41 bits per heavy atom. The van der Waals surface area contributed by atoms with E-state index in [1.54, 1.807) is 0 Å². The van der Waals surface area contributed by atoms with Gasteiger partial charge in [-0.1, -0.05) is 6.92 Å². The lowest BCUT2D eigenvalue weighted by Crippen LogP contribution is -2.50. The van der Waals surface area contributed by atoms with Crippen LogP contribution in [0.2, 0.25) is 0 Å². The van der Waals surface area contributed by atoms with Crippen molar-refractivity contribution in [2.45, 2.75) is 56.8 Å². The van der Waals surface area contributed by atoms with Crippen LogP contribution >= 0.6 is 0 Å². The molecule has 0 amide bonds. The van der Waals surface area contributed by atoms with E-state index in [-0.39, 0.29) is 11.6 Å². The molecule has 0 spiro atoms. The zero-order chi connectivity index (χ0) is 12.0. The lowest BCUT2D eigenvalue weighted by Gasteiger charge is -2.30. The summed E-state index contributed by atoms with van der Waals surface area (Å²) in [5.74, 6) is 0. The molecule has 2 aliphatic rings. The molecule has 2 fully saturated rings. The summed E-state index contributed by atoms with van der Waals surface area (Å²) < 4.78 is 7.85. The first kappa shape index (κ1) is 11.2. The Balaban J connectivity index is 1.80. The molecule has 2 bridgehead atoms. The van der Waals surface area contributed by atoms with Gasteiger partial charge in [0.2, 0.25) is 0 Å². The van der Waals surface area contributed by atoms with Crippen LogP contribution in [0.5, 0.6) is 0 Å². The van der Waals surface area contributed by atoms with E-state index >= 15 is 0 Å². The molecule has 2 N–H and O–H groups in total. The van der Waals surface area contributed by atoms with Crippen LogP contribution in [-0.4, -0.2) is 27.5 Å². The molecule has 3 unspecified atom stereocenters. The second kappa shape index (κ2) is 3.82. The zero-order valence-electron chi connectivity index (χ0n) is 10.6. The van der Waals surface area contributed by atoms with E-state index in [9.17, 15) is 0 Å². The number of hydrogen-bond acceptors (Lipinski definition) is 3. The molecule has 3 heterocycles. The minimum Gasteiger partial charge on any atom is -0.373 e. The number of aryl methyl sites for hydroxylation is 2. The van der Waals surface area contributed by atoms with Gasteiger partial charge in [-0.15, -0.1) is 0 Å². The Kier molecular flexibility index (Phi) is 2.52. The third-order valence-corrected chi connectivity index (χ3v) is 4.26. The lowest BCUT2D eigenvalue weighted by atomic mass is 9.79. The van der Waals surface area contributed by atoms with Crippen molar-refractivity contribution in [3.63, 3.8) is 0 Å². The van der Waals surface area contributed by atoms with Gasteiger partial charge in [-0.05, 0) is 31.7 Å². The second-order valence-electron chi connectivity index (χ2n) is 5.54. The van der Waals surface area contributed by atoms with Gasteiger partial charge in [-0.3, -0.25) is 4.68 Å². The molecule has 2 aliphatic heterocycles. The van der Waals surface area contributed by atoms with Crippen molar-refractivity contribution < 1.29 is 4.74 Å². The second-order valence-corrected chi connectivity index (χ2v) is 5.54. The van der Waals surface area contributed by atoms with Gasteiger partial charge in [0.25, 0.3) is 0 Å². The largest absolute Gasteiger partial charge is 0.373 e. The van der Waals surface area contributed by atoms with Crippen molar-refractivity contribution in [2.24, 2.45) is 12.8 Å². The van der Waals surface area contributed by atoms with Crippen molar-refractivity contribution in [3.05, 3.63) is 17.5 Å². The molecular weight excluding hydrogens is 214 g/mol. The Morgan fingerprint density at radius 1 is 1.59 bits per heavy atom. The van der Waals surface area contributed by atoms with Gasteiger partial charge in [-0.25, -0.2) is 0 Å². The van der Waals surface area contributed by atoms with E-state index in [1.807, 2.05) is 11.7 Å². The van der Waals surface area contributed by atoms with Crippen molar-refractivity contribution in [1.82, 2.24) is 9.78 Å². The summed E-state index contributed by atoms with van der Waals surface area (Å²) in [5.41, 5.74) is 8.75. The highest BCUT2D eigenvalue weighted by molar-refractivity contribution is 5.17. The maximum absolute atomic E-state index is 6.53. The molecule has 0 aliphatic carbocycles. The standard InChI is InChI=1S/C13H21N3O/c1-3-9-6-10(16(2)15-9)7-13(14)8-11-4-5-12(13)17-11/h6,11-12H,3-5,7-8,14H2,1-2H3. The van der Waals surface area contributed by atoms with Gasteiger partial charge >= 0.3 is 0 Å². The molecule has 3 atom stereocenters. The average molecular weight is 235 g/mol. The third kappa shape index (κ3) is 1.79. The van der Waals surface area contributed by atoms with Gasteiger partial charge in [0.1, 0.15) is 0 Å². The van der Waals surface area contributed by atoms with Crippen LogP contribution in [0, 0.1) is 0 Å². The van der Waals surface area contributed by atoms with Crippen LogP contribution in [0.4, 0.5) is 0 Å². The summed E-state index contributed by atoms with van der Waals surface area (Å²) in [6.45, 7) is 2.13. The molecule has 0 saturated carbocycles. The quantitative estimate of drug-likeness (QED) is 0.855. The molecule has 3 rings (SSSR count). The topological polar surface area (TPSA) is 53.1 Å². The Hall–Kier alpha value is -0.870. The van der Waals surface area contributed by atoms with Crippen LogP contribution < -0.4 is 5.73 Å². The predicted octanol–water partition coefficient (Wildman–Crippen LogP) is 1.17. The van der Waals surface area contributed by atoms with Crippen molar-refractivity contribution >= 4 is 0 Å². The fourth-order valence-corrected chi connectivity index (χ4v) is 3.27. The molecule has 4 heteroatoms. The Bertz CT molecular complexity index is 428. The van der Waals surface area contributed by atoms with E-state index in [1.165, 1.54) is 12.1 Å². The fraction of sp³-hybridized carbons (Fsp3) is 0.769. The van der Waals surface area contributed by atoms with Crippen LogP contribution in [0.3, 0.4) is 0 Å². The van der Waals surface area contributed by atoms with E-state index in [0.717, 1.165) is 31.4 Å². The molecule has 2 saturated heterocycles. The molecule has 17 heavy (non-hydrogen) atoms. The van der Waals surface area contributed by atoms with E-state index in [2.05, 4.69) is 18.1 Å². The molecule has 1 aromatic heterocycles. The van der Waals surface area contributed by atoms with E-state index in [0.29, 0.717) is 6.10 Å². The summed E-state index contributed by atoms with van der Waals surface area (Å²) in [5, 5.41) is 4.48. The van der Waals surface area contributed by atoms with Crippen molar-refractivity contribution in [1.29, 1.82) is 0 Å². The monoisotopic (exact) mass is 235 g/mol. The van der Waals surface area contributed by atoms with Crippen LogP contribution in [0.15, 0.2) is 6.07 Å². The van der Waals surface area contributed by atoms with E-state index in [4.69, 9.17) is 10.5 Å². The molecule has 4 nitrogen and oxygen atoms in total. The highest BCUT2D eigenvalue weighted by atomic mass is 16.5. The zero-order valence-corrected chi connectivity index (χ0v) is 10.6. The first-order valence-corrected chi connectivity index (χ1v) is 6.57. The fourth-order valence-electron chi connectivity index (χ4n) is 3.27. The first-order chi connectivity index (χ1) is 8.10. The number of hydrogen-bond donors (Lipinski definition) is 1. The number of rotatable bonds is 3. The Morgan fingerprint density at radius 3 is 2.94 bits per heavy atom. The maximum Gasteiger partial charge on any atom is 0.0764 e. The number of nitrogens with two attached hydrogens (primary N) is 1. The summed E-state index contributed by atoms with van der Waals surface area (Å²) in [4.78, 5) is 0. The van der Waals surface area contributed by atoms with Crippen molar-refractivity contribution in [3.8, 4) is 0 Å². The smallest absolute Gasteiger partial charge is 0.0764 e. The SMILES string of the molecule is CCc1cc(CC2(N)CC3CCC2O3)n(C)n1. The third-order valence-electron chi connectivity index (χ3n) is 4.26.